The smallest absolute Gasteiger partial charge is 0.266 e. The molecular formula is C33H22N4O3S. The maximum Gasteiger partial charge on any atom is 0.266 e. The second kappa shape index (κ2) is 9.24. The standard InChI is InChI=1S/C33H22N4O3S/c1-16(2)20-7-6-8-21(17(3)4)30(20)37-32(38)23-12-19(15-35)27-22-11-18(14-34)9-10-26(22)41(40)31-25(36-5)13-24(33(37)39)28(23)29(27)31/h6-13,16-17H,1-4H3. The van der Waals surface area contributed by atoms with Gasteiger partial charge >= 0.3 is 0 Å². The van der Waals surface area contributed by atoms with Crippen LogP contribution in [0.3, 0.4) is 0 Å². The third kappa shape index (κ3) is 3.50. The van der Waals surface area contributed by atoms with Gasteiger partial charge in [0.25, 0.3) is 11.8 Å². The van der Waals surface area contributed by atoms with Gasteiger partial charge in [-0.1, -0.05) is 45.9 Å². The molecule has 4 aromatic rings. The Balaban J connectivity index is 1.77. The molecule has 0 spiro atoms. The average molecular weight is 555 g/mol. The molecule has 1 unspecified atom stereocenters. The molecule has 0 radical (unpaired) electrons. The Labute approximate surface area is 239 Å². The summed E-state index contributed by atoms with van der Waals surface area (Å²) in [7, 11) is -1.85. The van der Waals surface area contributed by atoms with Crippen LogP contribution in [0.2, 0.25) is 0 Å². The molecule has 2 heterocycles. The van der Waals surface area contributed by atoms with E-state index in [0.29, 0.717) is 27.3 Å². The van der Waals surface area contributed by atoms with Crippen molar-refractivity contribution in [1.82, 2.24) is 0 Å². The van der Waals surface area contributed by atoms with Crippen LogP contribution in [-0.2, 0) is 10.8 Å². The zero-order valence-corrected chi connectivity index (χ0v) is 23.5. The number of carbonyl (C=O) groups is 2. The van der Waals surface area contributed by atoms with Crippen LogP contribution in [0.1, 0.15) is 82.5 Å². The first kappa shape index (κ1) is 26.1. The Kier molecular flexibility index (Phi) is 5.89. The van der Waals surface area contributed by atoms with Gasteiger partial charge in [0.15, 0.2) is 0 Å². The number of para-hydroxylation sites is 1. The van der Waals surface area contributed by atoms with E-state index in [1.165, 1.54) is 23.1 Å². The fourth-order valence-corrected chi connectivity index (χ4v) is 7.40. The van der Waals surface area contributed by atoms with E-state index >= 15 is 0 Å². The second-order valence-electron chi connectivity index (χ2n) is 10.7. The molecule has 0 bridgehead atoms. The number of benzene rings is 4. The van der Waals surface area contributed by atoms with E-state index in [1.807, 2.05) is 45.9 Å². The lowest BCUT2D eigenvalue weighted by atomic mass is 9.84. The fraction of sp³-hybridized carbons (Fsp3) is 0.182. The van der Waals surface area contributed by atoms with Gasteiger partial charge in [-0.25, -0.2) is 9.74 Å². The third-order valence-corrected chi connectivity index (χ3v) is 9.31. The van der Waals surface area contributed by atoms with Gasteiger partial charge in [-0.2, -0.15) is 10.5 Å². The number of fused-ring (bicyclic) bond motifs is 2. The first-order valence-corrected chi connectivity index (χ1v) is 14.2. The summed E-state index contributed by atoms with van der Waals surface area (Å²) in [4.78, 5) is 34.1. The minimum Gasteiger partial charge on any atom is -0.268 e. The van der Waals surface area contributed by atoms with Gasteiger partial charge in [0.1, 0.15) is 0 Å². The normalized spacial score (nSPS) is 15.1. The van der Waals surface area contributed by atoms with E-state index in [9.17, 15) is 24.3 Å². The quantitative estimate of drug-likeness (QED) is 0.171. The maximum absolute atomic E-state index is 14.4. The summed E-state index contributed by atoms with van der Waals surface area (Å²) in [6.07, 6.45) is 0. The minimum absolute atomic E-state index is 0.00258. The fourth-order valence-electron chi connectivity index (χ4n) is 5.94. The van der Waals surface area contributed by atoms with Crippen molar-refractivity contribution in [2.24, 2.45) is 0 Å². The Bertz CT molecular complexity index is 2010. The van der Waals surface area contributed by atoms with Crippen LogP contribution in [0.15, 0.2) is 58.3 Å². The summed E-state index contributed by atoms with van der Waals surface area (Å²) < 4.78 is 13.9. The highest BCUT2D eigenvalue weighted by Crippen LogP contribution is 2.52. The van der Waals surface area contributed by atoms with Crippen molar-refractivity contribution in [2.75, 3.05) is 4.90 Å². The molecule has 2 aliphatic rings. The van der Waals surface area contributed by atoms with Crippen LogP contribution in [0.5, 0.6) is 0 Å². The molecule has 41 heavy (non-hydrogen) atoms. The Hall–Kier alpha value is -5.10. The number of rotatable bonds is 3. The first-order valence-electron chi connectivity index (χ1n) is 13.1. The van der Waals surface area contributed by atoms with Crippen LogP contribution < -0.4 is 4.90 Å². The number of hydrogen-bond acceptors (Lipinski definition) is 5. The molecule has 198 valence electrons. The molecule has 0 saturated heterocycles. The van der Waals surface area contributed by atoms with Crippen molar-refractivity contribution in [3.8, 4) is 23.3 Å². The molecule has 0 aromatic heterocycles. The van der Waals surface area contributed by atoms with Gasteiger partial charge in [0, 0.05) is 22.1 Å². The van der Waals surface area contributed by atoms with E-state index in [2.05, 4.69) is 17.0 Å². The SMILES string of the molecule is [C-]#[N+]c1cc2c3c(cc(C#N)c4c3c1S(=O)c1ccc(C#N)cc1-4)C(=O)N(c1c(C(C)C)cccc1C(C)C)C2=O. The van der Waals surface area contributed by atoms with Crippen molar-refractivity contribution in [3.63, 3.8) is 0 Å². The van der Waals surface area contributed by atoms with E-state index in [4.69, 9.17) is 6.57 Å². The molecular weight excluding hydrogens is 532 g/mol. The summed E-state index contributed by atoms with van der Waals surface area (Å²) in [6, 6.07) is 17.5. The van der Waals surface area contributed by atoms with Crippen molar-refractivity contribution >= 4 is 44.8 Å². The van der Waals surface area contributed by atoms with Crippen LogP contribution in [0.4, 0.5) is 11.4 Å². The van der Waals surface area contributed by atoms with Gasteiger partial charge in [-0.05, 0) is 58.7 Å². The number of amides is 2. The molecule has 4 aromatic carbocycles. The molecule has 7 nitrogen and oxygen atoms in total. The largest absolute Gasteiger partial charge is 0.268 e. The van der Waals surface area contributed by atoms with Gasteiger partial charge in [-0.15, -0.1) is 0 Å². The number of imide groups is 1. The molecule has 2 amide bonds. The minimum atomic E-state index is -1.85. The Morgan fingerprint density at radius 1 is 0.854 bits per heavy atom. The Morgan fingerprint density at radius 2 is 1.49 bits per heavy atom. The molecule has 6 rings (SSSR count). The van der Waals surface area contributed by atoms with Crippen molar-refractivity contribution in [2.45, 2.75) is 49.3 Å². The molecule has 1 atom stereocenters. The maximum atomic E-state index is 14.4. The lowest BCUT2D eigenvalue weighted by Gasteiger charge is -2.34. The molecule has 0 fully saturated rings. The van der Waals surface area contributed by atoms with Crippen LogP contribution in [0, 0.1) is 29.2 Å². The number of anilines is 1. The third-order valence-electron chi connectivity index (χ3n) is 7.77. The summed E-state index contributed by atoms with van der Waals surface area (Å²) in [5.41, 5.74) is 3.71. The molecule has 0 saturated carbocycles. The predicted octanol–water partition coefficient (Wildman–Crippen LogP) is 7.33. The van der Waals surface area contributed by atoms with E-state index < -0.39 is 22.6 Å². The Morgan fingerprint density at radius 3 is 2.05 bits per heavy atom. The van der Waals surface area contributed by atoms with Crippen molar-refractivity contribution < 1.29 is 13.8 Å². The zero-order valence-electron chi connectivity index (χ0n) is 22.7. The first-order chi connectivity index (χ1) is 19.6. The van der Waals surface area contributed by atoms with E-state index in [1.54, 1.807) is 12.1 Å². The summed E-state index contributed by atoms with van der Waals surface area (Å²) >= 11 is 0. The number of carbonyl (C=O) groups excluding carboxylic acids is 2. The topological polar surface area (TPSA) is 106 Å². The number of nitriles is 2. The van der Waals surface area contributed by atoms with Crippen LogP contribution >= 0.6 is 0 Å². The lowest BCUT2D eigenvalue weighted by Crippen LogP contribution is -2.42. The van der Waals surface area contributed by atoms with E-state index in [-0.39, 0.29) is 49.9 Å². The van der Waals surface area contributed by atoms with Gasteiger partial charge < -0.3 is 0 Å². The van der Waals surface area contributed by atoms with Crippen molar-refractivity contribution in [1.29, 1.82) is 10.5 Å². The lowest BCUT2D eigenvalue weighted by molar-refractivity contribution is 0.0892. The molecule has 2 aliphatic heterocycles. The zero-order chi connectivity index (χ0) is 29.3. The highest BCUT2D eigenvalue weighted by atomic mass is 32.2. The summed E-state index contributed by atoms with van der Waals surface area (Å²) in [5.74, 6) is -1.15. The monoisotopic (exact) mass is 554 g/mol. The molecule has 0 N–H and O–H groups in total. The average Bonchev–Trinajstić information content (AvgIpc) is 2.97. The number of hydrogen-bond donors (Lipinski definition) is 0. The summed E-state index contributed by atoms with van der Waals surface area (Å²) in [6.45, 7) is 15.9. The predicted molar refractivity (Wildman–Crippen MR) is 156 cm³/mol. The van der Waals surface area contributed by atoms with Crippen LogP contribution in [-0.4, -0.2) is 16.0 Å². The summed E-state index contributed by atoms with van der Waals surface area (Å²) in [5, 5.41) is 20.4. The van der Waals surface area contributed by atoms with Crippen molar-refractivity contribution in [3.05, 3.63) is 93.3 Å². The highest BCUT2D eigenvalue weighted by Gasteiger charge is 2.41. The molecule has 0 aliphatic carbocycles. The van der Waals surface area contributed by atoms with Gasteiger partial charge in [0.2, 0.25) is 5.69 Å². The van der Waals surface area contributed by atoms with Gasteiger partial charge in [-0.3, -0.25) is 13.8 Å². The highest BCUT2D eigenvalue weighted by molar-refractivity contribution is 7.85. The van der Waals surface area contributed by atoms with Crippen LogP contribution in [0.25, 0.3) is 26.7 Å². The second-order valence-corrected chi connectivity index (χ2v) is 12.1. The van der Waals surface area contributed by atoms with Gasteiger partial charge in [0.05, 0.1) is 61.7 Å². The number of nitrogens with zero attached hydrogens (tertiary/aromatic N) is 4. The van der Waals surface area contributed by atoms with E-state index in [0.717, 1.165) is 11.1 Å². The molecule has 8 heteroatoms.